The Labute approximate surface area is 104 Å². The van der Waals surface area contributed by atoms with E-state index in [-0.39, 0.29) is 22.8 Å². The molecule has 1 saturated carbocycles. The Bertz CT molecular complexity index is 490. The molecule has 2 atom stereocenters. The van der Waals surface area contributed by atoms with Crippen LogP contribution in [-0.4, -0.2) is 33.3 Å². The molecule has 1 aliphatic rings. The lowest BCUT2D eigenvalue weighted by Crippen LogP contribution is -2.57. The summed E-state index contributed by atoms with van der Waals surface area (Å²) in [5.74, 6) is -1.79. The zero-order chi connectivity index (χ0) is 13.5. The minimum atomic E-state index is -1.23. The lowest BCUT2D eigenvalue weighted by Gasteiger charge is -2.49. The van der Waals surface area contributed by atoms with Crippen molar-refractivity contribution in [2.24, 2.45) is 5.41 Å². The van der Waals surface area contributed by atoms with Gasteiger partial charge in [-0.3, -0.25) is 0 Å². The summed E-state index contributed by atoms with van der Waals surface area (Å²) in [5.41, 5.74) is -0.557. The number of rotatable bonds is 3. The van der Waals surface area contributed by atoms with Gasteiger partial charge in [0.25, 0.3) is 0 Å². The number of aliphatic hydroxyl groups excluding tert-OH is 1. The fraction of sp³-hybridized carbons (Fsp3) is 0.500. The summed E-state index contributed by atoms with van der Waals surface area (Å²) in [7, 11) is 0. The van der Waals surface area contributed by atoms with Gasteiger partial charge in [-0.1, -0.05) is 13.8 Å². The van der Waals surface area contributed by atoms with Crippen LogP contribution in [0.2, 0.25) is 0 Å². The SMILES string of the molecule is CC1(C)C(O)CC1Nc1ncc(F)cc1C(=O)O. The number of carboxylic acids is 1. The molecule has 18 heavy (non-hydrogen) atoms. The van der Waals surface area contributed by atoms with Gasteiger partial charge >= 0.3 is 5.97 Å². The Morgan fingerprint density at radius 1 is 1.61 bits per heavy atom. The van der Waals surface area contributed by atoms with Gasteiger partial charge < -0.3 is 15.5 Å². The molecule has 0 saturated heterocycles. The van der Waals surface area contributed by atoms with Crippen LogP contribution in [0.1, 0.15) is 30.6 Å². The third-order valence-corrected chi connectivity index (χ3v) is 3.61. The van der Waals surface area contributed by atoms with Crippen LogP contribution in [0.25, 0.3) is 0 Å². The largest absolute Gasteiger partial charge is 0.478 e. The molecule has 0 amide bonds. The number of anilines is 1. The number of aromatic carboxylic acids is 1. The van der Waals surface area contributed by atoms with Crippen LogP contribution >= 0.6 is 0 Å². The minimum absolute atomic E-state index is 0.0800. The number of hydrogen-bond acceptors (Lipinski definition) is 4. The Kier molecular flexibility index (Phi) is 2.98. The molecule has 1 aromatic heterocycles. The lowest BCUT2D eigenvalue weighted by atomic mass is 9.64. The van der Waals surface area contributed by atoms with Crippen molar-refractivity contribution in [3.05, 3.63) is 23.6 Å². The molecule has 1 aliphatic carbocycles. The molecule has 6 heteroatoms. The number of nitrogens with one attached hydrogen (secondary N) is 1. The van der Waals surface area contributed by atoms with Gasteiger partial charge in [0.2, 0.25) is 0 Å². The topological polar surface area (TPSA) is 82.5 Å². The van der Waals surface area contributed by atoms with Crippen molar-refractivity contribution < 1.29 is 19.4 Å². The molecule has 1 aromatic rings. The van der Waals surface area contributed by atoms with E-state index >= 15 is 0 Å². The first-order chi connectivity index (χ1) is 8.32. The van der Waals surface area contributed by atoms with E-state index in [4.69, 9.17) is 5.11 Å². The molecule has 3 N–H and O–H groups in total. The first-order valence-corrected chi connectivity index (χ1v) is 5.66. The molecule has 5 nitrogen and oxygen atoms in total. The number of carbonyl (C=O) groups is 1. The third-order valence-electron chi connectivity index (χ3n) is 3.61. The molecule has 0 spiro atoms. The van der Waals surface area contributed by atoms with Gasteiger partial charge in [-0.15, -0.1) is 0 Å². The molecule has 0 aliphatic heterocycles. The summed E-state index contributed by atoms with van der Waals surface area (Å²) >= 11 is 0. The summed E-state index contributed by atoms with van der Waals surface area (Å²) in [6.45, 7) is 3.76. The summed E-state index contributed by atoms with van der Waals surface area (Å²) in [6, 6.07) is 0.850. The minimum Gasteiger partial charge on any atom is -0.478 e. The zero-order valence-electron chi connectivity index (χ0n) is 10.1. The van der Waals surface area contributed by atoms with Gasteiger partial charge in [0, 0.05) is 11.5 Å². The Hall–Kier alpha value is -1.69. The highest BCUT2D eigenvalue weighted by Crippen LogP contribution is 2.42. The molecule has 0 bridgehead atoms. The van der Waals surface area contributed by atoms with Gasteiger partial charge in [0.1, 0.15) is 17.2 Å². The maximum Gasteiger partial charge on any atom is 0.339 e. The molecule has 2 rings (SSSR count). The highest BCUT2D eigenvalue weighted by atomic mass is 19.1. The number of nitrogens with zero attached hydrogens (tertiary/aromatic N) is 1. The van der Waals surface area contributed by atoms with E-state index in [9.17, 15) is 14.3 Å². The predicted octanol–water partition coefficient (Wildman–Crippen LogP) is 1.49. The van der Waals surface area contributed by atoms with Crippen LogP contribution < -0.4 is 5.32 Å². The van der Waals surface area contributed by atoms with Gasteiger partial charge in [-0.2, -0.15) is 0 Å². The smallest absolute Gasteiger partial charge is 0.339 e. The number of pyridine rings is 1. The first kappa shape index (κ1) is 12.8. The molecule has 98 valence electrons. The van der Waals surface area contributed by atoms with Gasteiger partial charge in [0.15, 0.2) is 0 Å². The fourth-order valence-electron chi connectivity index (χ4n) is 2.03. The van der Waals surface area contributed by atoms with E-state index in [1.54, 1.807) is 0 Å². The lowest BCUT2D eigenvalue weighted by molar-refractivity contribution is -0.0511. The van der Waals surface area contributed by atoms with E-state index < -0.39 is 17.9 Å². The van der Waals surface area contributed by atoms with Crippen molar-refractivity contribution in [1.29, 1.82) is 0 Å². The van der Waals surface area contributed by atoms with E-state index in [0.717, 1.165) is 12.3 Å². The van der Waals surface area contributed by atoms with Crippen LogP contribution in [0.4, 0.5) is 10.2 Å². The van der Waals surface area contributed by atoms with Crippen LogP contribution in [0.15, 0.2) is 12.3 Å². The summed E-state index contributed by atoms with van der Waals surface area (Å²) in [6.07, 6.45) is 1.06. The van der Waals surface area contributed by atoms with Gasteiger partial charge in [-0.05, 0) is 12.5 Å². The van der Waals surface area contributed by atoms with Crippen molar-refractivity contribution in [2.75, 3.05) is 5.32 Å². The molecular formula is C12H15FN2O3. The van der Waals surface area contributed by atoms with Gasteiger partial charge in [-0.25, -0.2) is 14.2 Å². The Morgan fingerprint density at radius 2 is 2.28 bits per heavy atom. The predicted molar refractivity (Wildman–Crippen MR) is 63.0 cm³/mol. The second-order valence-corrected chi connectivity index (χ2v) is 5.12. The van der Waals surface area contributed by atoms with E-state index in [1.807, 2.05) is 13.8 Å². The molecule has 1 heterocycles. The number of aromatic nitrogens is 1. The molecule has 1 fully saturated rings. The fourth-order valence-corrected chi connectivity index (χ4v) is 2.03. The monoisotopic (exact) mass is 254 g/mol. The van der Waals surface area contributed by atoms with Crippen LogP contribution in [0.5, 0.6) is 0 Å². The Morgan fingerprint density at radius 3 is 2.78 bits per heavy atom. The summed E-state index contributed by atoms with van der Waals surface area (Å²) in [5, 5.41) is 21.5. The van der Waals surface area contributed by atoms with E-state index in [0.29, 0.717) is 6.42 Å². The normalized spacial score (nSPS) is 25.3. The third kappa shape index (κ3) is 2.03. The van der Waals surface area contributed by atoms with Gasteiger partial charge in [0.05, 0.1) is 12.3 Å². The average Bonchev–Trinajstić information content (AvgIpc) is 2.30. The second-order valence-electron chi connectivity index (χ2n) is 5.12. The van der Waals surface area contributed by atoms with Crippen LogP contribution in [0, 0.1) is 11.2 Å². The van der Waals surface area contributed by atoms with Crippen molar-refractivity contribution in [1.82, 2.24) is 4.98 Å². The first-order valence-electron chi connectivity index (χ1n) is 5.66. The van der Waals surface area contributed by atoms with Crippen molar-refractivity contribution >= 4 is 11.8 Å². The molecule has 0 radical (unpaired) electrons. The maximum absolute atomic E-state index is 13.0. The van der Waals surface area contributed by atoms with Crippen LogP contribution in [-0.2, 0) is 0 Å². The van der Waals surface area contributed by atoms with E-state index in [1.165, 1.54) is 0 Å². The summed E-state index contributed by atoms with van der Waals surface area (Å²) in [4.78, 5) is 14.8. The average molecular weight is 254 g/mol. The number of hydrogen-bond donors (Lipinski definition) is 3. The number of halogens is 1. The molecule has 2 unspecified atom stereocenters. The quantitative estimate of drug-likeness (QED) is 0.761. The highest BCUT2D eigenvalue weighted by Gasteiger charge is 2.47. The highest BCUT2D eigenvalue weighted by molar-refractivity contribution is 5.93. The second kappa shape index (κ2) is 4.20. The van der Waals surface area contributed by atoms with Crippen molar-refractivity contribution in [2.45, 2.75) is 32.4 Å². The van der Waals surface area contributed by atoms with Crippen molar-refractivity contribution in [3.63, 3.8) is 0 Å². The maximum atomic E-state index is 13.0. The Balaban J connectivity index is 2.23. The molecular weight excluding hydrogens is 239 g/mol. The number of aliphatic hydroxyl groups is 1. The van der Waals surface area contributed by atoms with Crippen molar-refractivity contribution in [3.8, 4) is 0 Å². The van der Waals surface area contributed by atoms with Crippen LogP contribution in [0.3, 0.4) is 0 Å². The zero-order valence-corrected chi connectivity index (χ0v) is 10.1. The van der Waals surface area contributed by atoms with E-state index in [2.05, 4.69) is 10.3 Å². The number of carboxylic acid groups (broad SMARTS) is 1. The summed E-state index contributed by atoms with van der Waals surface area (Å²) < 4.78 is 13.0. The molecule has 0 aromatic carbocycles. The standard InChI is InChI=1S/C12H15FN2O3/c1-12(2)8(4-9(12)16)15-10-7(11(17)18)3-6(13)5-14-10/h3,5,8-9,16H,4H2,1-2H3,(H,14,15)(H,17,18).